The largest absolute Gasteiger partial charge is 0.508 e. The number of aromatic hydroxyl groups is 1. The molecule has 6 atom stereocenters. The molecule has 6 amide bonds. The third-order valence-electron chi connectivity index (χ3n) is 13.2. The number of para-hydroxylation sites is 1. The van der Waals surface area contributed by atoms with Crippen LogP contribution in [0.2, 0.25) is 0 Å². The fraction of sp³-hybridized carbons (Fsp3) is 0.415. The maximum Gasteiger partial charge on any atom is 0.326 e. The van der Waals surface area contributed by atoms with Crippen LogP contribution < -0.4 is 41.9 Å². The van der Waals surface area contributed by atoms with E-state index in [1.165, 1.54) is 30.0 Å². The molecule has 4 aromatic carbocycles. The van der Waals surface area contributed by atoms with Crippen molar-refractivity contribution in [3.63, 3.8) is 0 Å². The van der Waals surface area contributed by atoms with Gasteiger partial charge in [-0.25, -0.2) is 17.9 Å². The second-order valence-corrected chi connectivity index (χ2v) is 21.0. The van der Waals surface area contributed by atoms with Gasteiger partial charge < -0.3 is 57.3 Å². The maximum atomic E-state index is 14.3. The molecule has 22 heteroatoms. The summed E-state index contributed by atoms with van der Waals surface area (Å²) in [4.78, 5) is 102. The number of aromatic nitrogens is 1. The first-order valence-electron chi connectivity index (χ1n) is 24.9. The molecule has 0 aliphatic carbocycles. The third kappa shape index (κ3) is 14.6. The number of aliphatic carboxylic acids is 1. The molecule has 0 bridgehead atoms. The minimum absolute atomic E-state index is 0.00627. The Balaban J connectivity index is 1.15. The van der Waals surface area contributed by atoms with Crippen LogP contribution in [0.15, 0.2) is 96.0 Å². The number of aromatic amines is 1. The number of H-pyrrole nitrogens is 1. The summed E-state index contributed by atoms with van der Waals surface area (Å²) >= 11 is 0. The van der Waals surface area contributed by atoms with Crippen LogP contribution in [0.25, 0.3) is 21.7 Å². The molecule has 1 aliphatic rings. The minimum Gasteiger partial charge on any atom is -0.508 e. The molecule has 75 heavy (non-hydrogen) atoms. The lowest BCUT2D eigenvalue weighted by Gasteiger charge is -2.30. The third-order valence-corrected chi connectivity index (χ3v) is 14.7. The van der Waals surface area contributed by atoms with E-state index < -0.39 is 100 Å². The number of carboxylic acids is 1. The first kappa shape index (κ1) is 56.7. The number of nitrogens with zero attached hydrogens (tertiary/aromatic N) is 2. The number of hydrogen-bond acceptors (Lipinski definition) is 12. The number of carboxylic acid groups (broad SMARTS) is 1. The molecular weight excluding hydrogens is 985 g/mol. The van der Waals surface area contributed by atoms with E-state index in [1.807, 2.05) is 49.3 Å². The van der Waals surface area contributed by atoms with Gasteiger partial charge in [0.2, 0.25) is 45.5 Å². The summed E-state index contributed by atoms with van der Waals surface area (Å²) in [6.45, 7) is 4.41. The van der Waals surface area contributed by atoms with Gasteiger partial charge in [-0.05, 0) is 92.9 Å². The molecule has 1 saturated heterocycles. The van der Waals surface area contributed by atoms with E-state index in [0.717, 1.165) is 16.6 Å². The zero-order valence-corrected chi connectivity index (χ0v) is 43.5. The average molecular weight is 1050 g/mol. The van der Waals surface area contributed by atoms with Gasteiger partial charge in [-0.1, -0.05) is 68.4 Å². The summed E-state index contributed by atoms with van der Waals surface area (Å²) in [7, 11) is -0.571. The van der Waals surface area contributed by atoms with Crippen molar-refractivity contribution in [2.24, 2.45) is 11.7 Å². The topological polar surface area (TPSA) is 315 Å². The minimum atomic E-state index is -4.24. The molecule has 1 aliphatic heterocycles. The molecule has 1 fully saturated rings. The highest BCUT2D eigenvalue weighted by molar-refractivity contribution is 7.89. The van der Waals surface area contributed by atoms with Crippen molar-refractivity contribution in [1.29, 1.82) is 0 Å². The number of amides is 6. The fourth-order valence-corrected chi connectivity index (χ4v) is 10.4. The van der Waals surface area contributed by atoms with Gasteiger partial charge in [-0.15, -0.1) is 0 Å². The van der Waals surface area contributed by atoms with Crippen molar-refractivity contribution < 1.29 is 52.2 Å². The van der Waals surface area contributed by atoms with E-state index in [0.29, 0.717) is 41.2 Å². The Hall–Kier alpha value is -7.56. The number of sulfonamides is 1. The summed E-state index contributed by atoms with van der Waals surface area (Å²) in [6, 6.07) is 15.9. The van der Waals surface area contributed by atoms with Crippen molar-refractivity contribution in [2.75, 3.05) is 38.6 Å². The monoisotopic (exact) mass is 1050 g/mol. The average Bonchev–Trinajstić information content (AvgIpc) is 4.04. The number of anilines is 1. The highest BCUT2D eigenvalue weighted by atomic mass is 32.2. The zero-order chi connectivity index (χ0) is 54.6. The first-order valence-corrected chi connectivity index (χ1v) is 26.4. The number of hydrogen-bond donors (Lipinski definition) is 10. The summed E-state index contributed by atoms with van der Waals surface area (Å²) in [6.07, 6.45) is 3.15. The SMILES string of the molecule is CC(NC(=O)C(Cc1ccc(O)cc1)NC(=O)C(CCCCN)NC(=O)CNS(=O)(=O)c1cccc2c(N(C)C)cccc12)C(=O)N1CCCC1C(=O)NC(Cc1c[nH]c2ccccc12)C(=O)NC(C(=O)O)C(C)C. The second kappa shape index (κ2) is 25.6. The van der Waals surface area contributed by atoms with Gasteiger partial charge in [0.05, 0.1) is 11.4 Å². The van der Waals surface area contributed by atoms with E-state index in [1.54, 1.807) is 56.4 Å². The van der Waals surface area contributed by atoms with Crippen LogP contribution in [-0.2, 0) is 56.4 Å². The molecule has 6 unspecified atom stereocenters. The number of benzene rings is 4. The van der Waals surface area contributed by atoms with E-state index in [-0.39, 0.29) is 49.4 Å². The molecule has 5 aromatic rings. The quantitative estimate of drug-likeness (QED) is 0.0376. The highest BCUT2D eigenvalue weighted by Gasteiger charge is 2.39. The van der Waals surface area contributed by atoms with Crippen molar-refractivity contribution in [1.82, 2.24) is 41.2 Å². The lowest BCUT2D eigenvalue weighted by molar-refractivity contribution is -0.144. The van der Waals surface area contributed by atoms with Crippen molar-refractivity contribution in [3.05, 3.63) is 102 Å². The number of rotatable bonds is 25. The summed E-state index contributed by atoms with van der Waals surface area (Å²) in [5, 5.41) is 35.1. The second-order valence-electron chi connectivity index (χ2n) is 19.3. The standard InChI is InChI=1S/C53H68N10O11S/c1-31(2)47(53(71)72)61-50(68)42(28-34-29-55-39-16-7-6-13-36(34)39)60-51(69)44-19-12-26-63(44)52(70)32(3)57-49(67)41(27-33-21-23-35(64)24-22-33)59-48(66)40(17-8-9-25-54)58-46(65)30-56-75(73,74)45-20-11-14-37-38(45)15-10-18-43(37)62(4)5/h6-7,10-11,13-16,18,20-24,29,31-32,40-42,44,47,55-56,64H,8-9,12,17,19,25-28,30,54H2,1-5H3,(H,57,67)(H,58,65)(H,59,66)(H,60,69)(H,61,68)(H,71,72). The van der Waals surface area contributed by atoms with Crippen LogP contribution in [0.3, 0.4) is 0 Å². The fourth-order valence-electron chi connectivity index (χ4n) is 9.18. The Morgan fingerprint density at radius 3 is 2.11 bits per heavy atom. The number of phenols is 1. The summed E-state index contributed by atoms with van der Waals surface area (Å²) in [5.41, 5.74) is 8.54. The van der Waals surface area contributed by atoms with E-state index in [2.05, 4.69) is 36.3 Å². The number of unbranched alkanes of at least 4 members (excludes halogenated alkanes) is 1. The molecular formula is C53H68N10O11S. The lowest BCUT2D eigenvalue weighted by atomic mass is 10.0. The Morgan fingerprint density at radius 1 is 0.760 bits per heavy atom. The maximum absolute atomic E-state index is 14.3. The zero-order valence-electron chi connectivity index (χ0n) is 42.7. The first-order chi connectivity index (χ1) is 35.7. The van der Waals surface area contributed by atoms with Crippen LogP contribution in [0.4, 0.5) is 5.69 Å². The molecule has 1 aromatic heterocycles. The number of nitrogens with two attached hydrogens (primary N) is 1. The predicted octanol–water partition coefficient (Wildman–Crippen LogP) is 2.16. The van der Waals surface area contributed by atoms with Crippen LogP contribution >= 0.6 is 0 Å². The number of nitrogens with one attached hydrogen (secondary N) is 7. The number of phenolic OH excluding ortho intramolecular Hbond substituents is 1. The molecule has 402 valence electrons. The normalized spacial score (nSPS) is 15.6. The van der Waals surface area contributed by atoms with E-state index in [4.69, 9.17) is 5.73 Å². The van der Waals surface area contributed by atoms with E-state index in [9.17, 15) is 52.2 Å². The van der Waals surface area contributed by atoms with Crippen LogP contribution in [-0.4, -0.2) is 140 Å². The Kier molecular flexibility index (Phi) is 19.4. The van der Waals surface area contributed by atoms with Crippen molar-refractivity contribution >= 4 is 78.8 Å². The molecule has 0 saturated carbocycles. The number of likely N-dealkylation sites (tertiary alicyclic amines) is 1. The number of carbonyl (C=O) groups is 7. The smallest absolute Gasteiger partial charge is 0.326 e. The lowest BCUT2D eigenvalue weighted by Crippen LogP contribution is -2.59. The van der Waals surface area contributed by atoms with Crippen LogP contribution in [0, 0.1) is 5.92 Å². The van der Waals surface area contributed by atoms with Gasteiger partial charge in [-0.2, -0.15) is 0 Å². The number of fused-ring (bicyclic) bond motifs is 2. The van der Waals surface area contributed by atoms with E-state index >= 15 is 0 Å². The number of carbonyl (C=O) groups excluding carboxylic acids is 6. The Bertz CT molecular complexity index is 2980. The van der Waals surface area contributed by atoms with Crippen molar-refractivity contribution in [2.45, 2.75) is 107 Å². The van der Waals surface area contributed by atoms with Gasteiger partial charge in [0.15, 0.2) is 0 Å². The highest BCUT2D eigenvalue weighted by Crippen LogP contribution is 2.30. The molecule has 0 radical (unpaired) electrons. The summed E-state index contributed by atoms with van der Waals surface area (Å²) < 4.78 is 29.6. The Morgan fingerprint density at radius 2 is 1.41 bits per heavy atom. The molecule has 6 rings (SSSR count). The van der Waals surface area contributed by atoms with Crippen molar-refractivity contribution in [3.8, 4) is 5.75 Å². The van der Waals surface area contributed by atoms with Gasteiger partial charge in [0, 0.05) is 67.0 Å². The van der Waals surface area contributed by atoms with Gasteiger partial charge in [-0.3, -0.25) is 28.8 Å². The molecule has 11 N–H and O–H groups in total. The van der Waals surface area contributed by atoms with Gasteiger partial charge in [0.25, 0.3) is 0 Å². The summed E-state index contributed by atoms with van der Waals surface area (Å²) in [5.74, 6) is -6.18. The Labute approximate surface area is 435 Å². The molecule has 21 nitrogen and oxygen atoms in total. The van der Waals surface area contributed by atoms with Crippen LogP contribution in [0.5, 0.6) is 5.75 Å². The van der Waals surface area contributed by atoms with Gasteiger partial charge in [0.1, 0.15) is 42.0 Å². The van der Waals surface area contributed by atoms with Crippen LogP contribution in [0.1, 0.15) is 64.0 Å². The van der Waals surface area contributed by atoms with Gasteiger partial charge >= 0.3 is 5.97 Å². The molecule has 2 heterocycles. The predicted molar refractivity (Wildman–Crippen MR) is 283 cm³/mol. The molecule has 0 spiro atoms.